The van der Waals surface area contributed by atoms with Gasteiger partial charge >= 0.3 is 11.9 Å². The summed E-state index contributed by atoms with van der Waals surface area (Å²) in [4.78, 5) is 28.8. The molecule has 3 aromatic carbocycles. The summed E-state index contributed by atoms with van der Waals surface area (Å²) in [6.45, 7) is 6.43. The molecule has 0 amide bonds. The Kier molecular flexibility index (Phi) is 5.73. The zero-order valence-corrected chi connectivity index (χ0v) is 18.2. The van der Waals surface area contributed by atoms with Crippen molar-refractivity contribution in [3.63, 3.8) is 0 Å². The fourth-order valence-electron chi connectivity index (χ4n) is 3.18. The van der Waals surface area contributed by atoms with E-state index < -0.39 is 11.9 Å². The number of carbonyl (C=O) groups is 2. The van der Waals surface area contributed by atoms with E-state index in [1.165, 1.54) is 5.56 Å². The number of benzene rings is 3. The standard InChI is InChI=1S/C27H23NO4/c1-27(2,3)21-13-11-19(12-14-21)24-28-23(26(30)32-24)17-18-9-15-22(16-10-18)31-25(29)20-7-5-4-6-8-20/h4-17H,1-3H3/b23-17+. The van der Waals surface area contributed by atoms with Crippen LogP contribution < -0.4 is 4.74 Å². The molecule has 1 heterocycles. The van der Waals surface area contributed by atoms with Crippen molar-refractivity contribution in [2.24, 2.45) is 4.99 Å². The average molecular weight is 425 g/mol. The number of ether oxygens (including phenoxy) is 2. The average Bonchev–Trinajstić information content (AvgIpc) is 3.15. The van der Waals surface area contributed by atoms with Crippen LogP contribution in [0.15, 0.2) is 89.6 Å². The first-order chi connectivity index (χ1) is 15.3. The van der Waals surface area contributed by atoms with Crippen LogP contribution in [-0.4, -0.2) is 17.8 Å². The van der Waals surface area contributed by atoms with Crippen LogP contribution in [0.3, 0.4) is 0 Å². The summed E-state index contributed by atoms with van der Waals surface area (Å²) in [5, 5.41) is 0. The van der Waals surface area contributed by atoms with Crippen molar-refractivity contribution in [3.8, 4) is 5.75 Å². The Balaban J connectivity index is 1.48. The number of hydrogen-bond acceptors (Lipinski definition) is 5. The van der Waals surface area contributed by atoms with E-state index in [2.05, 4.69) is 25.8 Å². The molecule has 0 spiro atoms. The molecule has 0 bridgehead atoms. The fourth-order valence-corrected chi connectivity index (χ4v) is 3.18. The Morgan fingerprint density at radius 1 is 0.906 bits per heavy atom. The van der Waals surface area contributed by atoms with Crippen molar-refractivity contribution in [2.45, 2.75) is 26.2 Å². The lowest BCUT2D eigenvalue weighted by molar-refractivity contribution is -0.129. The molecule has 0 saturated carbocycles. The van der Waals surface area contributed by atoms with Crippen LogP contribution in [-0.2, 0) is 14.9 Å². The highest BCUT2D eigenvalue weighted by molar-refractivity contribution is 6.12. The molecular weight excluding hydrogens is 402 g/mol. The van der Waals surface area contributed by atoms with Gasteiger partial charge in [0.05, 0.1) is 5.56 Å². The Morgan fingerprint density at radius 2 is 1.56 bits per heavy atom. The molecule has 0 aliphatic carbocycles. The lowest BCUT2D eigenvalue weighted by Crippen LogP contribution is -2.11. The molecule has 0 saturated heterocycles. The smallest absolute Gasteiger partial charge is 0.363 e. The number of rotatable bonds is 4. The van der Waals surface area contributed by atoms with Gasteiger partial charge in [-0.1, -0.05) is 63.2 Å². The Bertz CT molecular complexity index is 1200. The van der Waals surface area contributed by atoms with Gasteiger partial charge in [0.25, 0.3) is 0 Å². The van der Waals surface area contributed by atoms with Gasteiger partial charge in [0, 0.05) is 5.56 Å². The molecule has 1 aliphatic heterocycles. The van der Waals surface area contributed by atoms with E-state index in [1.54, 1.807) is 54.6 Å². The molecule has 0 N–H and O–H groups in total. The van der Waals surface area contributed by atoms with Gasteiger partial charge < -0.3 is 9.47 Å². The van der Waals surface area contributed by atoms with Crippen molar-refractivity contribution >= 4 is 23.9 Å². The zero-order chi connectivity index (χ0) is 22.7. The Labute approximate surface area is 187 Å². The first kappa shape index (κ1) is 21.2. The first-order valence-corrected chi connectivity index (χ1v) is 10.3. The Morgan fingerprint density at radius 3 is 2.19 bits per heavy atom. The van der Waals surface area contributed by atoms with E-state index in [0.29, 0.717) is 11.3 Å². The molecule has 0 aromatic heterocycles. The van der Waals surface area contributed by atoms with Gasteiger partial charge in [-0.15, -0.1) is 0 Å². The number of hydrogen-bond donors (Lipinski definition) is 0. The lowest BCUT2D eigenvalue weighted by atomic mass is 9.87. The highest BCUT2D eigenvalue weighted by Crippen LogP contribution is 2.25. The zero-order valence-electron chi connectivity index (χ0n) is 18.2. The van der Waals surface area contributed by atoms with E-state index in [0.717, 1.165) is 11.1 Å². The van der Waals surface area contributed by atoms with Crippen LogP contribution >= 0.6 is 0 Å². The minimum atomic E-state index is -0.500. The third-order valence-electron chi connectivity index (χ3n) is 5.02. The minimum Gasteiger partial charge on any atom is -0.423 e. The SMILES string of the molecule is CC(C)(C)c1ccc(C2=N/C(=C/c3ccc(OC(=O)c4ccccc4)cc3)C(=O)O2)cc1. The van der Waals surface area contributed by atoms with Crippen molar-refractivity contribution < 1.29 is 19.1 Å². The van der Waals surface area contributed by atoms with Gasteiger partial charge in [-0.3, -0.25) is 0 Å². The molecule has 32 heavy (non-hydrogen) atoms. The van der Waals surface area contributed by atoms with E-state index in [-0.39, 0.29) is 17.0 Å². The molecule has 0 radical (unpaired) electrons. The summed E-state index contributed by atoms with van der Waals surface area (Å²) in [6.07, 6.45) is 1.64. The monoisotopic (exact) mass is 425 g/mol. The second kappa shape index (κ2) is 8.63. The predicted molar refractivity (Wildman–Crippen MR) is 124 cm³/mol. The van der Waals surface area contributed by atoms with Crippen LogP contribution in [0.2, 0.25) is 0 Å². The first-order valence-electron chi connectivity index (χ1n) is 10.3. The van der Waals surface area contributed by atoms with Gasteiger partial charge in [0.15, 0.2) is 5.70 Å². The molecule has 1 aliphatic rings. The number of carbonyl (C=O) groups excluding carboxylic acids is 2. The van der Waals surface area contributed by atoms with Crippen molar-refractivity contribution in [1.29, 1.82) is 0 Å². The maximum atomic E-state index is 12.3. The molecular formula is C27H23NO4. The molecule has 0 fully saturated rings. The quantitative estimate of drug-likeness (QED) is 0.312. The summed E-state index contributed by atoms with van der Waals surface area (Å²) >= 11 is 0. The van der Waals surface area contributed by atoms with Gasteiger partial charge in [0.1, 0.15) is 5.75 Å². The Hall–Kier alpha value is -3.99. The molecule has 0 atom stereocenters. The maximum Gasteiger partial charge on any atom is 0.363 e. The van der Waals surface area contributed by atoms with Crippen molar-refractivity contribution in [1.82, 2.24) is 0 Å². The summed E-state index contributed by atoms with van der Waals surface area (Å²) in [5.74, 6) is -0.226. The van der Waals surface area contributed by atoms with Crippen LogP contribution in [0.25, 0.3) is 6.08 Å². The number of aliphatic imine (C=N–C) groups is 1. The van der Waals surface area contributed by atoms with Crippen LogP contribution in [0, 0.1) is 0 Å². The highest BCUT2D eigenvalue weighted by atomic mass is 16.6. The van der Waals surface area contributed by atoms with Crippen LogP contribution in [0.1, 0.15) is 47.8 Å². The van der Waals surface area contributed by atoms with E-state index in [9.17, 15) is 9.59 Å². The fraction of sp³-hybridized carbons (Fsp3) is 0.148. The summed E-state index contributed by atoms with van der Waals surface area (Å²) in [6, 6.07) is 23.5. The van der Waals surface area contributed by atoms with Gasteiger partial charge in [-0.05, 0) is 59.0 Å². The predicted octanol–water partition coefficient (Wildman–Crippen LogP) is 5.55. The molecule has 160 valence electrons. The van der Waals surface area contributed by atoms with Gasteiger partial charge in [-0.25, -0.2) is 14.6 Å². The number of esters is 2. The minimum absolute atomic E-state index is 0.0410. The topological polar surface area (TPSA) is 65.0 Å². The van der Waals surface area contributed by atoms with Crippen LogP contribution in [0.4, 0.5) is 0 Å². The van der Waals surface area contributed by atoms with E-state index >= 15 is 0 Å². The molecule has 5 nitrogen and oxygen atoms in total. The number of cyclic esters (lactones) is 1. The van der Waals surface area contributed by atoms with Crippen molar-refractivity contribution in [3.05, 3.63) is 107 Å². The van der Waals surface area contributed by atoms with E-state index in [4.69, 9.17) is 9.47 Å². The molecule has 3 aromatic rings. The van der Waals surface area contributed by atoms with Crippen LogP contribution in [0.5, 0.6) is 5.75 Å². The second-order valence-corrected chi connectivity index (χ2v) is 8.49. The molecule has 5 heteroatoms. The third kappa shape index (κ3) is 4.83. The molecule has 4 rings (SSSR count). The summed E-state index contributed by atoms with van der Waals surface area (Å²) in [7, 11) is 0. The van der Waals surface area contributed by atoms with Crippen molar-refractivity contribution in [2.75, 3.05) is 0 Å². The third-order valence-corrected chi connectivity index (χ3v) is 5.02. The lowest BCUT2D eigenvalue weighted by Gasteiger charge is -2.18. The molecule has 0 unspecified atom stereocenters. The number of nitrogens with zero attached hydrogens (tertiary/aromatic N) is 1. The summed E-state index contributed by atoms with van der Waals surface area (Å²) < 4.78 is 10.7. The van der Waals surface area contributed by atoms with E-state index in [1.807, 2.05) is 30.3 Å². The highest BCUT2D eigenvalue weighted by Gasteiger charge is 2.24. The normalized spacial score (nSPS) is 14.8. The van der Waals surface area contributed by atoms with Gasteiger partial charge in [0.2, 0.25) is 5.90 Å². The summed E-state index contributed by atoms with van der Waals surface area (Å²) in [5.41, 5.74) is 3.41. The van der Waals surface area contributed by atoms with Gasteiger partial charge in [-0.2, -0.15) is 0 Å². The second-order valence-electron chi connectivity index (χ2n) is 8.49. The maximum absolute atomic E-state index is 12.3. The largest absolute Gasteiger partial charge is 0.423 e.